The lowest BCUT2D eigenvalue weighted by Crippen LogP contribution is -2.25. The lowest BCUT2D eigenvalue weighted by Gasteiger charge is -2.09. The Hall–Kier alpha value is -3.41. The number of amides is 1. The number of hydrogen-bond donors (Lipinski definition) is 4. The van der Waals surface area contributed by atoms with Crippen molar-refractivity contribution < 1.29 is 14.7 Å². The van der Waals surface area contributed by atoms with Crippen LogP contribution in [0.25, 0.3) is 6.08 Å². The summed E-state index contributed by atoms with van der Waals surface area (Å²) in [4.78, 5) is 23.7. The van der Waals surface area contributed by atoms with Gasteiger partial charge in [0.15, 0.2) is 5.71 Å². The molecule has 3 rings (SSSR count). The number of carbonyl (C=O) groups excluding carboxylic acids is 1. The normalized spacial score (nSPS) is 12.9. The molecule has 126 valence electrons. The van der Waals surface area contributed by atoms with E-state index in [4.69, 9.17) is 10.5 Å². The average Bonchev–Trinajstić information content (AvgIpc) is 3.07. The number of carbonyl (C=O) groups is 2. The highest BCUT2D eigenvalue weighted by Crippen LogP contribution is 2.24. The number of rotatable bonds is 5. The first-order chi connectivity index (χ1) is 12.0. The summed E-state index contributed by atoms with van der Waals surface area (Å²) in [7, 11) is 0. The van der Waals surface area contributed by atoms with E-state index in [0.717, 1.165) is 24.2 Å². The van der Waals surface area contributed by atoms with Crippen molar-refractivity contribution in [3.63, 3.8) is 0 Å². The summed E-state index contributed by atoms with van der Waals surface area (Å²) < 4.78 is 0. The third-order valence-corrected chi connectivity index (χ3v) is 3.91. The molecular weight excluding hydrogens is 318 g/mol. The summed E-state index contributed by atoms with van der Waals surface area (Å²) in [5.74, 6) is -2.07. The van der Waals surface area contributed by atoms with Crippen LogP contribution >= 0.6 is 0 Å². The van der Waals surface area contributed by atoms with Crippen molar-refractivity contribution in [3.05, 3.63) is 65.2 Å². The molecule has 2 aromatic carbocycles. The van der Waals surface area contributed by atoms with Gasteiger partial charge in [0, 0.05) is 17.9 Å². The minimum Gasteiger partial charge on any atom is -0.477 e. The Morgan fingerprint density at radius 3 is 2.64 bits per heavy atom. The summed E-state index contributed by atoms with van der Waals surface area (Å²) in [5, 5.41) is 22.8. The largest absolute Gasteiger partial charge is 0.477 e. The maximum Gasteiger partial charge on any atom is 0.354 e. The topological polar surface area (TPSA) is 102 Å². The van der Waals surface area contributed by atoms with Gasteiger partial charge in [-0.25, -0.2) is 4.79 Å². The number of benzene rings is 2. The number of anilines is 2. The number of fused-ring (bicyclic) bond motifs is 1. The number of aliphatic carboxylic acids is 1. The molecule has 0 spiro atoms. The molecule has 0 aromatic heterocycles. The minimum absolute atomic E-state index is 0.192. The Morgan fingerprint density at radius 2 is 1.92 bits per heavy atom. The van der Waals surface area contributed by atoms with Crippen molar-refractivity contribution in [2.75, 3.05) is 17.2 Å². The van der Waals surface area contributed by atoms with Crippen LogP contribution in [0.2, 0.25) is 0 Å². The second-order valence-corrected chi connectivity index (χ2v) is 5.65. The molecule has 1 aliphatic rings. The van der Waals surface area contributed by atoms with Crippen LogP contribution in [0, 0.1) is 5.41 Å². The van der Waals surface area contributed by atoms with Crippen LogP contribution < -0.4 is 10.6 Å². The molecule has 1 aliphatic heterocycles. The molecule has 6 nitrogen and oxygen atoms in total. The number of hydrogen-bond acceptors (Lipinski definition) is 4. The molecule has 0 bridgehead atoms. The van der Waals surface area contributed by atoms with E-state index in [9.17, 15) is 9.59 Å². The summed E-state index contributed by atoms with van der Waals surface area (Å²) >= 11 is 0. The van der Waals surface area contributed by atoms with Crippen LogP contribution in [0.5, 0.6) is 0 Å². The molecule has 25 heavy (non-hydrogen) atoms. The van der Waals surface area contributed by atoms with E-state index in [1.54, 1.807) is 30.3 Å². The van der Waals surface area contributed by atoms with Gasteiger partial charge in [-0.1, -0.05) is 24.3 Å². The highest BCUT2D eigenvalue weighted by atomic mass is 16.4. The zero-order chi connectivity index (χ0) is 17.8. The van der Waals surface area contributed by atoms with Crippen molar-refractivity contribution in [1.29, 1.82) is 5.41 Å². The molecule has 6 heteroatoms. The molecule has 2 aromatic rings. The molecule has 4 N–H and O–H groups in total. The first-order valence-electron chi connectivity index (χ1n) is 7.82. The van der Waals surface area contributed by atoms with Gasteiger partial charge >= 0.3 is 5.97 Å². The van der Waals surface area contributed by atoms with Crippen LogP contribution in [0.3, 0.4) is 0 Å². The third-order valence-electron chi connectivity index (χ3n) is 3.91. The Bertz CT molecular complexity index is 873. The standard InChI is InChI=1S/C19H17N3O3/c20-17(19(24)25)15(18(23)22-14-4-2-1-3-5-14)11-12-6-7-16-13(10-12)8-9-21-16/h1-7,10-11,20-21H,8-9H2,(H,22,23)(H,24,25)/b15-11-,20-17?. The number of carboxylic acids is 1. The highest BCUT2D eigenvalue weighted by molar-refractivity contribution is 6.50. The summed E-state index contributed by atoms with van der Waals surface area (Å²) in [6.07, 6.45) is 2.31. The monoisotopic (exact) mass is 335 g/mol. The molecule has 0 aliphatic carbocycles. The summed E-state index contributed by atoms with van der Waals surface area (Å²) in [6.45, 7) is 0.856. The van der Waals surface area contributed by atoms with Crippen LogP contribution in [0.1, 0.15) is 11.1 Å². The van der Waals surface area contributed by atoms with E-state index in [1.807, 2.05) is 18.2 Å². The second-order valence-electron chi connectivity index (χ2n) is 5.65. The first kappa shape index (κ1) is 16.4. The first-order valence-corrected chi connectivity index (χ1v) is 7.82. The average molecular weight is 335 g/mol. The Labute approximate surface area is 144 Å². The fourth-order valence-electron chi connectivity index (χ4n) is 2.67. The van der Waals surface area contributed by atoms with Gasteiger partial charge in [-0.2, -0.15) is 0 Å². The summed E-state index contributed by atoms with van der Waals surface area (Å²) in [6, 6.07) is 14.3. The lowest BCUT2D eigenvalue weighted by molar-refractivity contribution is -0.129. The van der Waals surface area contributed by atoms with Crippen LogP contribution in [-0.4, -0.2) is 29.2 Å². The molecule has 1 heterocycles. The van der Waals surface area contributed by atoms with E-state index in [-0.39, 0.29) is 5.57 Å². The quantitative estimate of drug-likeness (QED) is 0.498. The molecule has 0 fully saturated rings. The molecular formula is C19H17N3O3. The second kappa shape index (κ2) is 7.00. The predicted octanol–water partition coefficient (Wildman–Crippen LogP) is 2.78. The van der Waals surface area contributed by atoms with E-state index >= 15 is 0 Å². The smallest absolute Gasteiger partial charge is 0.354 e. The molecule has 1 amide bonds. The van der Waals surface area contributed by atoms with Gasteiger partial charge < -0.3 is 15.7 Å². The van der Waals surface area contributed by atoms with E-state index in [2.05, 4.69) is 10.6 Å². The van der Waals surface area contributed by atoms with E-state index in [1.165, 1.54) is 6.08 Å². The van der Waals surface area contributed by atoms with Crippen molar-refractivity contribution in [1.82, 2.24) is 0 Å². The van der Waals surface area contributed by atoms with Gasteiger partial charge in [-0.15, -0.1) is 0 Å². The van der Waals surface area contributed by atoms with Crippen LogP contribution in [-0.2, 0) is 16.0 Å². The minimum atomic E-state index is -1.45. The molecule has 0 saturated carbocycles. The fourth-order valence-corrected chi connectivity index (χ4v) is 2.67. The zero-order valence-electron chi connectivity index (χ0n) is 13.4. The Balaban J connectivity index is 1.93. The van der Waals surface area contributed by atoms with Gasteiger partial charge in [0.05, 0.1) is 5.57 Å². The van der Waals surface area contributed by atoms with Crippen molar-refractivity contribution in [2.45, 2.75) is 6.42 Å². The number of nitrogens with one attached hydrogen (secondary N) is 3. The van der Waals surface area contributed by atoms with Crippen molar-refractivity contribution >= 4 is 35.0 Å². The number of carboxylic acid groups (broad SMARTS) is 1. The maximum atomic E-state index is 12.5. The van der Waals surface area contributed by atoms with Gasteiger partial charge in [-0.05, 0) is 47.9 Å². The molecule has 0 radical (unpaired) electrons. The van der Waals surface area contributed by atoms with Crippen LogP contribution in [0.15, 0.2) is 54.1 Å². The molecule has 0 atom stereocenters. The maximum absolute atomic E-state index is 12.5. The number of para-hydroxylation sites is 1. The van der Waals surface area contributed by atoms with Crippen molar-refractivity contribution in [2.24, 2.45) is 0 Å². The highest BCUT2D eigenvalue weighted by Gasteiger charge is 2.21. The van der Waals surface area contributed by atoms with Gasteiger partial charge in [0.25, 0.3) is 5.91 Å². The van der Waals surface area contributed by atoms with Gasteiger partial charge in [0.1, 0.15) is 0 Å². The molecule has 0 unspecified atom stereocenters. The lowest BCUT2D eigenvalue weighted by atomic mass is 10.0. The van der Waals surface area contributed by atoms with Crippen molar-refractivity contribution in [3.8, 4) is 0 Å². The SMILES string of the molecule is N=C(C(=O)O)/C(=C/c1ccc2c(c1)CCN2)C(=O)Nc1ccccc1. The van der Waals surface area contributed by atoms with Gasteiger partial charge in [-0.3, -0.25) is 10.2 Å². The van der Waals surface area contributed by atoms with Crippen LogP contribution in [0.4, 0.5) is 11.4 Å². The molecule has 0 saturated heterocycles. The zero-order valence-corrected chi connectivity index (χ0v) is 13.4. The Kier molecular flexibility index (Phi) is 4.61. The predicted molar refractivity (Wildman–Crippen MR) is 97.0 cm³/mol. The third kappa shape index (κ3) is 3.74. The van der Waals surface area contributed by atoms with Gasteiger partial charge in [0.2, 0.25) is 0 Å². The van der Waals surface area contributed by atoms with E-state index < -0.39 is 17.6 Å². The fraction of sp³-hybridized carbons (Fsp3) is 0.105. The summed E-state index contributed by atoms with van der Waals surface area (Å²) in [5.41, 5.74) is 2.44. The Morgan fingerprint density at radius 1 is 1.16 bits per heavy atom. The van der Waals surface area contributed by atoms with E-state index in [0.29, 0.717) is 11.3 Å².